The first kappa shape index (κ1) is 14.8. The van der Waals surface area contributed by atoms with Crippen LogP contribution in [0, 0.1) is 0 Å². The number of thiocarbonyl (C=S) groups is 1. The molecular formula is C13H22N4S. The van der Waals surface area contributed by atoms with E-state index in [4.69, 9.17) is 18.0 Å². The molecule has 0 aromatic carbocycles. The zero-order valence-electron chi connectivity index (χ0n) is 11.4. The molecule has 2 N–H and O–H groups in total. The highest BCUT2D eigenvalue weighted by molar-refractivity contribution is 7.80. The van der Waals surface area contributed by atoms with Gasteiger partial charge in [0.1, 0.15) is 4.99 Å². The Labute approximate surface area is 115 Å². The SMILES string of the molecule is CCCCCN(c1nnccc1C(N)=S)C(C)C. The summed E-state index contributed by atoms with van der Waals surface area (Å²) in [5, 5.41) is 8.16. The van der Waals surface area contributed by atoms with Crippen molar-refractivity contribution in [3.8, 4) is 0 Å². The Hall–Kier alpha value is -1.23. The van der Waals surface area contributed by atoms with Gasteiger partial charge in [-0.2, -0.15) is 5.10 Å². The van der Waals surface area contributed by atoms with Crippen molar-refractivity contribution in [3.05, 3.63) is 17.8 Å². The summed E-state index contributed by atoms with van der Waals surface area (Å²) in [5.74, 6) is 0.802. The summed E-state index contributed by atoms with van der Waals surface area (Å²) in [6.07, 6.45) is 5.19. The lowest BCUT2D eigenvalue weighted by Gasteiger charge is -2.28. The van der Waals surface area contributed by atoms with Gasteiger partial charge in [0.05, 0.1) is 11.8 Å². The molecule has 0 fully saturated rings. The zero-order valence-corrected chi connectivity index (χ0v) is 12.2. The lowest BCUT2D eigenvalue weighted by atomic mass is 10.2. The average molecular weight is 266 g/mol. The number of anilines is 1. The Bertz CT molecular complexity index is 392. The first-order valence-electron chi connectivity index (χ1n) is 6.46. The summed E-state index contributed by atoms with van der Waals surface area (Å²) in [6.45, 7) is 7.44. The quantitative estimate of drug-likeness (QED) is 0.607. The zero-order chi connectivity index (χ0) is 13.5. The normalized spacial score (nSPS) is 10.7. The van der Waals surface area contributed by atoms with E-state index >= 15 is 0 Å². The molecule has 0 atom stereocenters. The van der Waals surface area contributed by atoms with E-state index in [-0.39, 0.29) is 0 Å². The molecule has 1 rings (SSSR count). The van der Waals surface area contributed by atoms with E-state index in [9.17, 15) is 0 Å². The van der Waals surface area contributed by atoms with Gasteiger partial charge in [-0.05, 0) is 26.3 Å². The van der Waals surface area contributed by atoms with E-state index in [1.807, 2.05) is 6.07 Å². The van der Waals surface area contributed by atoms with Crippen molar-refractivity contribution in [3.63, 3.8) is 0 Å². The first-order valence-corrected chi connectivity index (χ1v) is 6.86. The minimum Gasteiger partial charge on any atom is -0.389 e. The second-order valence-corrected chi connectivity index (χ2v) is 5.07. The third kappa shape index (κ3) is 3.91. The maximum absolute atomic E-state index is 5.74. The first-order chi connectivity index (χ1) is 8.57. The molecule has 0 spiro atoms. The lowest BCUT2D eigenvalue weighted by molar-refractivity contribution is 0.616. The molecule has 18 heavy (non-hydrogen) atoms. The Morgan fingerprint density at radius 1 is 1.44 bits per heavy atom. The fraction of sp³-hybridized carbons (Fsp3) is 0.615. The molecule has 100 valence electrons. The number of rotatable bonds is 7. The highest BCUT2D eigenvalue weighted by Gasteiger charge is 2.17. The highest BCUT2D eigenvalue weighted by atomic mass is 32.1. The summed E-state index contributed by atoms with van der Waals surface area (Å²) in [5.41, 5.74) is 6.55. The summed E-state index contributed by atoms with van der Waals surface area (Å²) >= 11 is 5.07. The number of aromatic nitrogens is 2. The van der Waals surface area contributed by atoms with Gasteiger partial charge in [0.15, 0.2) is 5.82 Å². The van der Waals surface area contributed by atoms with Crippen molar-refractivity contribution >= 4 is 23.0 Å². The van der Waals surface area contributed by atoms with Gasteiger partial charge >= 0.3 is 0 Å². The maximum atomic E-state index is 5.74. The van der Waals surface area contributed by atoms with Gasteiger partial charge < -0.3 is 10.6 Å². The summed E-state index contributed by atoms with van der Waals surface area (Å²) in [7, 11) is 0. The van der Waals surface area contributed by atoms with Gasteiger partial charge in [0.2, 0.25) is 0 Å². The van der Waals surface area contributed by atoms with E-state index in [0.29, 0.717) is 11.0 Å². The van der Waals surface area contributed by atoms with Crippen LogP contribution in [0.5, 0.6) is 0 Å². The Balaban J connectivity index is 2.94. The largest absolute Gasteiger partial charge is 0.389 e. The van der Waals surface area contributed by atoms with Crippen LogP contribution in [0.15, 0.2) is 12.3 Å². The van der Waals surface area contributed by atoms with E-state index in [2.05, 4.69) is 35.9 Å². The summed E-state index contributed by atoms with van der Waals surface area (Å²) in [4.78, 5) is 2.60. The molecule has 0 aliphatic heterocycles. The van der Waals surface area contributed by atoms with Crippen LogP contribution in [0.4, 0.5) is 5.82 Å². The molecule has 0 bridgehead atoms. The minimum atomic E-state index is 0.353. The number of hydrogen-bond donors (Lipinski definition) is 1. The van der Waals surface area contributed by atoms with Gasteiger partial charge in [-0.1, -0.05) is 32.0 Å². The van der Waals surface area contributed by atoms with Gasteiger partial charge in [-0.3, -0.25) is 0 Å². The van der Waals surface area contributed by atoms with Crippen LogP contribution in [-0.4, -0.2) is 27.8 Å². The van der Waals surface area contributed by atoms with Crippen molar-refractivity contribution in [2.24, 2.45) is 5.73 Å². The van der Waals surface area contributed by atoms with Gasteiger partial charge in [-0.15, -0.1) is 5.10 Å². The van der Waals surface area contributed by atoms with Gasteiger partial charge in [-0.25, -0.2) is 0 Å². The minimum absolute atomic E-state index is 0.353. The molecule has 0 aliphatic rings. The van der Waals surface area contributed by atoms with Crippen molar-refractivity contribution in [2.45, 2.75) is 46.1 Å². The second kappa shape index (κ2) is 7.26. The van der Waals surface area contributed by atoms with Crippen LogP contribution < -0.4 is 10.6 Å². The fourth-order valence-corrected chi connectivity index (χ4v) is 2.03. The third-order valence-electron chi connectivity index (χ3n) is 2.86. The molecule has 0 saturated heterocycles. The predicted molar refractivity (Wildman–Crippen MR) is 79.9 cm³/mol. The molecule has 4 nitrogen and oxygen atoms in total. The van der Waals surface area contributed by atoms with Crippen molar-refractivity contribution in [1.29, 1.82) is 0 Å². The smallest absolute Gasteiger partial charge is 0.161 e. The fourth-order valence-electron chi connectivity index (χ4n) is 1.87. The van der Waals surface area contributed by atoms with Crippen LogP contribution in [-0.2, 0) is 0 Å². The molecule has 0 radical (unpaired) electrons. The predicted octanol–water partition coefficient (Wildman–Crippen LogP) is 2.52. The van der Waals surface area contributed by atoms with Crippen LogP contribution in [0.2, 0.25) is 0 Å². The Morgan fingerprint density at radius 2 is 2.17 bits per heavy atom. The maximum Gasteiger partial charge on any atom is 0.161 e. The van der Waals surface area contributed by atoms with E-state index in [1.165, 1.54) is 12.8 Å². The van der Waals surface area contributed by atoms with E-state index in [0.717, 1.165) is 24.3 Å². The lowest BCUT2D eigenvalue weighted by Crippen LogP contribution is -2.34. The molecule has 0 saturated carbocycles. The summed E-state index contributed by atoms with van der Waals surface area (Å²) in [6, 6.07) is 2.19. The number of unbranched alkanes of at least 4 members (excludes halogenated alkanes) is 2. The Morgan fingerprint density at radius 3 is 2.72 bits per heavy atom. The van der Waals surface area contributed by atoms with E-state index in [1.54, 1.807) is 6.20 Å². The van der Waals surface area contributed by atoms with Crippen LogP contribution in [0.25, 0.3) is 0 Å². The third-order valence-corrected chi connectivity index (χ3v) is 3.08. The summed E-state index contributed by atoms with van der Waals surface area (Å²) < 4.78 is 0. The van der Waals surface area contributed by atoms with E-state index < -0.39 is 0 Å². The molecule has 0 unspecified atom stereocenters. The molecule has 1 heterocycles. The topological polar surface area (TPSA) is 55.0 Å². The number of nitrogens with zero attached hydrogens (tertiary/aromatic N) is 3. The molecule has 5 heteroatoms. The van der Waals surface area contributed by atoms with Crippen LogP contribution >= 0.6 is 12.2 Å². The number of nitrogens with two attached hydrogens (primary N) is 1. The highest BCUT2D eigenvalue weighted by Crippen LogP contribution is 2.19. The number of hydrogen-bond acceptors (Lipinski definition) is 4. The Kier molecular flexibility index (Phi) is 5.98. The van der Waals surface area contributed by atoms with Gasteiger partial charge in [0.25, 0.3) is 0 Å². The standard InChI is InChI=1S/C13H22N4S/c1-4-5-6-9-17(10(2)3)13-11(12(14)18)7-8-15-16-13/h7-8,10H,4-6,9H2,1-3H3,(H2,14,18). The second-order valence-electron chi connectivity index (χ2n) is 4.63. The molecular weight excluding hydrogens is 244 g/mol. The van der Waals surface area contributed by atoms with Crippen LogP contribution in [0.1, 0.15) is 45.6 Å². The van der Waals surface area contributed by atoms with Crippen molar-refractivity contribution < 1.29 is 0 Å². The molecule has 0 aliphatic carbocycles. The average Bonchev–Trinajstić information content (AvgIpc) is 2.34. The molecule has 0 amide bonds. The van der Waals surface area contributed by atoms with Gasteiger partial charge in [0, 0.05) is 12.6 Å². The molecule has 1 aromatic rings. The molecule has 1 aromatic heterocycles. The monoisotopic (exact) mass is 266 g/mol. The van der Waals surface area contributed by atoms with Crippen molar-refractivity contribution in [1.82, 2.24) is 10.2 Å². The van der Waals surface area contributed by atoms with Crippen molar-refractivity contribution in [2.75, 3.05) is 11.4 Å². The van der Waals surface area contributed by atoms with Crippen LogP contribution in [0.3, 0.4) is 0 Å².